The van der Waals surface area contributed by atoms with Crippen molar-refractivity contribution in [2.75, 3.05) is 0 Å². The molecule has 3 N–H and O–H groups in total. The van der Waals surface area contributed by atoms with Crippen molar-refractivity contribution in [2.45, 2.75) is 12.5 Å². The first-order valence-electron chi connectivity index (χ1n) is 3.43. The van der Waals surface area contributed by atoms with Gasteiger partial charge in [0.15, 0.2) is 12.5 Å². The molecular weight excluding hydrogens is 142 g/mol. The molecule has 0 aromatic rings. The first-order chi connectivity index (χ1) is 5.36. The Hall–Kier alpha value is -1.13. The smallest absolute Gasteiger partial charge is 0.179 e. The second-order valence-corrected chi connectivity index (χ2v) is 2.40. The van der Waals surface area contributed by atoms with Crippen molar-refractivity contribution in [2.24, 2.45) is 10.7 Å². The molecule has 0 spiro atoms. The molecule has 0 amide bonds. The summed E-state index contributed by atoms with van der Waals surface area (Å²) in [6, 6.07) is 0. The van der Waals surface area contributed by atoms with Gasteiger partial charge in [-0.2, -0.15) is 0 Å². The average molecular weight is 151 g/mol. The van der Waals surface area contributed by atoms with E-state index >= 15 is 0 Å². The van der Waals surface area contributed by atoms with Gasteiger partial charge in [0.1, 0.15) is 0 Å². The van der Waals surface area contributed by atoms with Crippen LogP contribution < -0.4 is 11.1 Å². The maximum Gasteiger partial charge on any atom is 0.179 e. The number of allylic oxidation sites excluding steroid dienone is 2. The van der Waals surface area contributed by atoms with Crippen molar-refractivity contribution in [3.8, 4) is 0 Å². The lowest BCUT2D eigenvalue weighted by atomic mass is 10.2. The standard InChI is InChI=1S/C7H9N3O/c8-7-9-4-5-2-1-3-11-6(5)10-7/h1-4,6-7,10H,8H2. The molecule has 0 aliphatic carbocycles. The summed E-state index contributed by atoms with van der Waals surface area (Å²) < 4.78 is 5.22. The SMILES string of the molecule is NC1N=CC2=CC=COC2N1. The van der Waals surface area contributed by atoms with Gasteiger partial charge in [-0.05, 0) is 12.2 Å². The van der Waals surface area contributed by atoms with Crippen LogP contribution in [0, 0.1) is 0 Å². The molecule has 2 heterocycles. The van der Waals surface area contributed by atoms with Crippen molar-refractivity contribution >= 4 is 6.21 Å². The van der Waals surface area contributed by atoms with Crippen LogP contribution in [0.5, 0.6) is 0 Å². The molecule has 11 heavy (non-hydrogen) atoms. The number of aliphatic imine (C=N–C) groups is 1. The van der Waals surface area contributed by atoms with Gasteiger partial charge in [0.2, 0.25) is 0 Å². The molecule has 2 aliphatic heterocycles. The number of fused-ring (bicyclic) bond motifs is 1. The molecule has 0 saturated heterocycles. The van der Waals surface area contributed by atoms with E-state index in [2.05, 4.69) is 10.3 Å². The lowest BCUT2D eigenvalue weighted by molar-refractivity contribution is 0.129. The van der Waals surface area contributed by atoms with E-state index in [9.17, 15) is 0 Å². The topological polar surface area (TPSA) is 59.6 Å². The third-order valence-electron chi connectivity index (χ3n) is 1.59. The predicted octanol–water partition coefficient (Wildman–Crippen LogP) is -0.301. The largest absolute Gasteiger partial charge is 0.479 e. The van der Waals surface area contributed by atoms with Crippen LogP contribution in [-0.4, -0.2) is 18.7 Å². The van der Waals surface area contributed by atoms with Crippen LogP contribution in [-0.2, 0) is 4.74 Å². The van der Waals surface area contributed by atoms with Crippen molar-refractivity contribution in [3.63, 3.8) is 0 Å². The molecule has 0 bridgehead atoms. The van der Waals surface area contributed by atoms with Crippen LogP contribution in [0.3, 0.4) is 0 Å². The maximum atomic E-state index is 5.50. The monoisotopic (exact) mass is 151 g/mol. The second kappa shape index (κ2) is 2.48. The lowest BCUT2D eigenvalue weighted by Crippen LogP contribution is -2.48. The summed E-state index contributed by atoms with van der Waals surface area (Å²) in [4.78, 5) is 3.97. The van der Waals surface area contributed by atoms with Gasteiger partial charge in [-0.1, -0.05) is 0 Å². The van der Waals surface area contributed by atoms with E-state index in [4.69, 9.17) is 10.5 Å². The molecule has 0 fully saturated rings. The fraction of sp³-hybridized carbons (Fsp3) is 0.286. The number of rotatable bonds is 0. The summed E-state index contributed by atoms with van der Waals surface area (Å²) in [5.41, 5.74) is 6.51. The minimum atomic E-state index is -0.344. The third-order valence-corrected chi connectivity index (χ3v) is 1.59. The lowest BCUT2D eigenvalue weighted by Gasteiger charge is -2.26. The van der Waals surface area contributed by atoms with E-state index in [1.54, 1.807) is 12.5 Å². The van der Waals surface area contributed by atoms with Crippen LogP contribution in [0.4, 0.5) is 0 Å². The molecule has 2 aliphatic rings. The van der Waals surface area contributed by atoms with Crippen LogP contribution >= 0.6 is 0 Å². The molecular formula is C7H9N3O. The zero-order valence-electron chi connectivity index (χ0n) is 5.90. The Labute approximate surface area is 64.4 Å². The van der Waals surface area contributed by atoms with E-state index < -0.39 is 0 Å². The summed E-state index contributed by atoms with van der Waals surface area (Å²) >= 11 is 0. The van der Waals surface area contributed by atoms with Gasteiger partial charge in [0.05, 0.1) is 6.26 Å². The molecule has 0 aromatic heterocycles. The Kier molecular flexibility index (Phi) is 1.48. The van der Waals surface area contributed by atoms with Crippen LogP contribution in [0.25, 0.3) is 0 Å². The van der Waals surface area contributed by atoms with Gasteiger partial charge in [0.25, 0.3) is 0 Å². The van der Waals surface area contributed by atoms with E-state index in [0.29, 0.717) is 0 Å². The minimum Gasteiger partial charge on any atom is -0.479 e. The van der Waals surface area contributed by atoms with Crippen LogP contribution in [0.1, 0.15) is 0 Å². The molecule has 4 nitrogen and oxygen atoms in total. The summed E-state index contributed by atoms with van der Waals surface area (Å²) in [6.45, 7) is 0. The molecule has 58 valence electrons. The normalized spacial score (nSPS) is 34.1. The highest BCUT2D eigenvalue weighted by Crippen LogP contribution is 2.11. The fourth-order valence-electron chi connectivity index (χ4n) is 1.05. The van der Waals surface area contributed by atoms with Gasteiger partial charge >= 0.3 is 0 Å². The quantitative estimate of drug-likeness (QED) is 0.499. The molecule has 0 aromatic carbocycles. The summed E-state index contributed by atoms with van der Waals surface area (Å²) in [7, 11) is 0. The molecule has 4 heteroatoms. The average Bonchev–Trinajstić information content (AvgIpc) is 2.04. The Balaban J connectivity index is 2.24. The van der Waals surface area contributed by atoms with Gasteiger partial charge < -0.3 is 4.74 Å². The zero-order valence-corrected chi connectivity index (χ0v) is 5.90. The number of ether oxygens (including phenoxy) is 1. The molecule has 0 saturated carbocycles. The highest BCUT2D eigenvalue weighted by molar-refractivity contribution is 5.81. The van der Waals surface area contributed by atoms with Gasteiger partial charge in [-0.15, -0.1) is 0 Å². The summed E-state index contributed by atoms with van der Waals surface area (Å²) in [5.74, 6) is 0. The van der Waals surface area contributed by atoms with E-state index in [1.165, 1.54) is 0 Å². The Bertz CT molecular complexity index is 244. The van der Waals surface area contributed by atoms with Gasteiger partial charge in [0, 0.05) is 11.8 Å². The first kappa shape index (κ1) is 6.57. The van der Waals surface area contributed by atoms with Crippen molar-refractivity contribution < 1.29 is 4.74 Å². The van der Waals surface area contributed by atoms with Crippen LogP contribution in [0.2, 0.25) is 0 Å². The number of hydrogen-bond donors (Lipinski definition) is 2. The van der Waals surface area contributed by atoms with E-state index in [-0.39, 0.29) is 12.5 Å². The molecule has 2 rings (SSSR count). The third kappa shape index (κ3) is 1.18. The zero-order chi connectivity index (χ0) is 7.68. The van der Waals surface area contributed by atoms with E-state index in [1.807, 2.05) is 12.2 Å². The Morgan fingerprint density at radius 1 is 1.64 bits per heavy atom. The number of hydrogen-bond acceptors (Lipinski definition) is 4. The van der Waals surface area contributed by atoms with Gasteiger partial charge in [-0.25, -0.2) is 5.32 Å². The number of nitrogens with one attached hydrogen (secondary N) is 1. The summed E-state index contributed by atoms with van der Waals surface area (Å²) in [5, 5.41) is 2.96. The number of nitrogens with zero attached hydrogens (tertiary/aromatic N) is 1. The van der Waals surface area contributed by atoms with Crippen molar-refractivity contribution in [1.82, 2.24) is 5.32 Å². The predicted molar refractivity (Wildman–Crippen MR) is 41.7 cm³/mol. The molecule has 0 radical (unpaired) electrons. The van der Waals surface area contributed by atoms with Gasteiger partial charge in [-0.3, -0.25) is 10.7 Å². The van der Waals surface area contributed by atoms with Crippen molar-refractivity contribution in [1.29, 1.82) is 0 Å². The van der Waals surface area contributed by atoms with E-state index in [0.717, 1.165) is 5.57 Å². The molecule has 2 unspecified atom stereocenters. The van der Waals surface area contributed by atoms with Crippen molar-refractivity contribution in [3.05, 3.63) is 24.0 Å². The minimum absolute atomic E-state index is 0.118. The highest BCUT2D eigenvalue weighted by Gasteiger charge is 2.20. The van der Waals surface area contributed by atoms with Crippen LogP contribution in [0.15, 0.2) is 29.0 Å². The Morgan fingerprint density at radius 2 is 2.55 bits per heavy atom. The fourth-order valence-corrected chi connectivity index (χ4v) is 1.05. The number of nitrogens with two attached hydrogens (primary N) is 1. The highest BCUT2D eigenvalue weighted by atomic mass is 16.5. The second-order valence-electron chi connectivity index (χ2n) is 2.40. The summed E-state index contributed by atoms with van der Waals surface area (Å²) in [6.07, 6.45) is 6.67. The Morgan fingerprint density at radius 3 is 3.45 bits per heavy atom. The first-order valence-corrected chi connectivity index (χ1v) is 3.43. The maximum absolute atomic E-state index is 5.50. The molecule has 2 atom stereocenters.